The lowest BCUT2D eigenvalue weighted by molar-refractivity contribution is 0.130. The van der Waals surface area contributed by atoms with Gasteiger partial charge in [0, 0.05) is 52.4 Å². The smallest absolute Gasteiger partial charge is 0.191 e. The first kappa shape index (κ1) is 17.2. The summed E-state index contributed by atoms with van der Waals surface area (Å²) in [5, 5.41) is 0. The van der Waals surface area contributed by atoms with E-state index in [9.17, 15) is 0 Å². The zero-order chi connectivity index (χ0) is 16.6. The summed E-state index contributed by atoms with van der Waals surface area (Å²) in [5.74, 6) is 0.748. The fraction of sp³-hybridized carbons (Fsp3) is 0.632. The summed E-state index contributed by atoms with van der Waals surface area (Å²) < 4.78 is 0. The summed E-state index contributed by atoms with van der Waals surface area (Å²) in [4.78, 5) is 11.9. The van der Waals surface area contributed by atoms with E-state index in [2.05, 4.69) is 50.0 Å². The zero-order valence-electron chi connectivity index (χ0n) is 14.7. The molecule has 2 aliphatic heterocycles. The van der Waals surface area contributed by atoms with E-state index < -0.39 is 0 Å². The standard InChI is InChI=1S/C19H31N5/c20-19(24-10-5-2-6-11-24)21-9-12-22-13-15-23(16-14-22)17-18-7-3-1-4-8-18/h1,3-4,7-8H,2,5-6,9-17H2,(H2,20,21). The van der Waals surface area contributed by atoms with Crippen molar-refractivity contribution in [2.45, 2.75) is 25.8 Å². The van der Waals surface area contributed by atoms with Crippen molar-refractivity contribution in [1.29, 1.82) is 0 Å². The number of nitrogens with zero attached hydrogens (tertiary/aromatic N) is 4. The van der Waals surface area contributed by atoms with Crippen molar-refractivity contribution in [3.63, 3.8) is 0 Å². The van der Waals surface area contributed by atoms with Crippen LogP contribution >= 0.6 is 0 Å². The molecule has 3 rings (SSSR count). The molecular formula is C19H31N5. The Morgan fingerprint density at radius 1 is 0.875 bits per heavy atom. The van der Waals surface area contributed by atoms with Gasteiger partial charge >= 0.3 is 0 Å². The molecule has 0 unspecified atom stereocenters. The molecule has 2 N–H and O–H groups in total. The van der Waals surface area contributed by atoms with E-state index >= 15 is 0 Å². The van der Waals surface area contributed by atoms with E-state index in [0.717, 1.165) is 64.9 Å². The Morgan fingerprint density at radius 2 is 1.54 bits per heavy atom. The highest BCUT2D eigenvalue weighted by atomic mass is 15.3. The van der Waals surface area contributed by atoms with Gasteiger partial charge in [0.1, 0.15) is 0 Å². The molecule has 2 heterocycles. The van der Waals surface area contributed by atoms with Crippen molar-refractivity contribution in [2.24, 2.45) is 10.7 Å². The van der Waals surface area contributed by atoms with Crippen molar-refractivity contribution in [3.8, 4) is 0 Å². The molecule has 1 aromatic carbocycles. The van der Waals surface area contributed by atoms with Gasteiger partial charge in [0.05, 0.1) is 6.54 Å². The van der Waals surface area contributed by atoms with Crippen LogP contribution in [-0.4, -0.2) is 73.0 Å². The third kappa shape index (κ3) is 5.21. The summed E-state index contributed by atoms with van der Waals surface area (Å²) in [6.45, 7) is 9.60. The average molecular weight is 329 g/mol. The lowest BCUT2D eigenvalue weighted by Crippen LogP contribution is -2.47. The van der Waals surface area contributed by atoms with Gasteiger partial charge in [-0.3, -0.25) is 14.8 Å². The van der Waals surface area contributed by atoms with E-state index in [1.165, 1.54) is 24.8 Å². The number of nitrogens with two attached hydrogens (primary N) is 1. The van der Waals surface area contributed by atoms with Crippen molar-refractivity contribution < 1.29 is 0 Å². The highest BCUT2D eigenvalue weighted by Crippen LogP contribution is 2.09. The molecule has 0 aliphatic carbocycles. The minimum atomic E-state index is 0.748. The van der Waals surface area contributed by atoms with E-state index in [0.29, 0.717) is 0 Å². The van der Waals surface area contributed by atoms with Crippen molar-refractivity contribution in [2.75, 3.05) is 52.4 Å². The first-order chi connectivity index (χ1) is 11.8. The lowest BCUT2D eigenvalue weighted by Gasteiger charge is -2.34. The number of rotatable bonds is 5. The molecule has 2 saturated heterocycles. The number of benzene rings is 1. The topological polar surface area (TPSA) is 48.1 Å². The quantitative estimate of drug-likeness (QED) is 0.658. The fourth-order valence-corrected chi connectivity index (χ4v) is 3.54. The van der Waals surface area contributed by atoms with Crippen molar-refractivity contribution in [1.82, 2.24) is 14.7 Å². The molecule has 2 aliphatic rings. The largest absolute Gasteiger partial charge is 0.370 e. The molecule has 132 valence electrons. The normalized spacial score (nSPS) is 21.2. The van der Waals surface area contributed by atoms with Gasteiger partial charge in [-0.2, -0.15) is 0 Å². The number of hydrogen-bond donors (Lipinski definition) is 1. The van der Waals surface area contributed by atoms with Crippen LogP contribution in [0.2, 0.25) is 0 Å². The van der Waals surface area contributed by atoms with E-state index in [1.54, 1.807) is 0 Å². The molecule has 1 aromatic rings. The average Bonchev–Trinajstić information content (AvgIpc) is 2.65. The second kappa shape index (κ2) is 9.04. The number of likely N-dealkylation sites (tertiary alicyclic amines) is 1. The molecular weight excluding hydrogens is 298 g/mol. The van der Waals surface area contributed by atoms with Gasteiger partial charge in [0.25, 0.3) is 0 Å². The van der Waals surface area contributed by atoms with Gasteiger partial charge in [-0.25, -0.2) is 0 Å². The number of piperazine rings is 1. The Hall–Kier alpha value is -1.59. The Morgan fingerprint density at radius 3 is 2.25 bits per heavy atom. The lowest BCUT2D eigenvalue weighted by atomic mass is 10.1. The van der Waals surface area contributed by atoms with Crippen LogP contribution in [0.25, 0.3) is 0 Å². The first-order valence-electron chi connectivity index (χ1n) is 9.35. The van der Waals surface area contributed by atoms with Crippen molar-refractivity contribution in [3.05, 3.63) is 35.9 Å². The Labute approximate surface area is 146 Å². The van der Waals surface area contributed by atoms with Gasteiger partial charge in [-0.05, 0) is 24.8 Å². The Bertz CT molecular complexity index is 502. The molecule has 0 bridgehead atoms. The highest BCUT2D eigenvalue weighted by Gasteiger charge is 2.17. The monoisotopic (exact) mass is 329 g/mol. The summed E-state index contributed by atoms with van der Waals surface area (Å²) in [6.07, 6.45) is 3.83. The molecule has 0 amide bonds. The number of guanidine groups is 1. The van der Waals surface area contributed by atoms with E-state index in [-0.39, 0.29) is 0 Å². The Balaban J connectivity index is 1.35. The van der Waals surface area contributed by atoms with Crippen molar-refractivity contribution >= 4 is 5.96 Å². The second-order valence-electron chi connectivity index (χ2n) is 6.89. The molecule has 0 aromatic heterocycles. The fourth-order valence-electron chi connectivity index (χ4n) is 3.54. The molecule has 2 fully saturated rings. The molecule has 24 heavy (non-hydrogen) atoms. The molecule has 0 radical (unpaired) electrons. The molecule has 0 saturated carbocycles. The predicted molar refractivity (Wildman–Crippen MR) is 100 cm³/mol. The van der Waals surface area contributed by atoms with Gasteiger partial charge in [-0.15, -0.1) is 0 Å². The van der Waals surface area contributed by atoms with Gasteiger partial charge in [0.15, 0.2) is 5.96 Å². The SMILES string of the molecule is NC(=NCCN1CCN(Cc2ccccc2)CC1)N1CCCCC1. The number of piperidine rings is 1. The zero-order valence-corrected chi connectivity index (χ0v) is 14.7. The van der Waals surface area contributed by atoms with Crippen LogP contribution in [0.5, 0.6) is 0 Å². The van der Waals surface area contributed by atoms with Gasteiger partial charge in [0.2, 0.25) is 0 Å². The molecule has 0 atom stereocenters. The maximum atomic E-state index is 6.12. The molecule has 0 spiro atoms. The Kier molecular flexibility index (Phi) is 6.49. The summed E-state index contributed by atoms with van der Waals surface area (Å²) in [6, 6.07) is 10.7. The van der Waals surface area contributed by atoms with Crippen LogP contribution in [0.3, 0.4) is 0 Å². The third-order valence-corrected chi connectivity index (χ3v) is 5.08. The first-order valence-corrected chi connectivity index (χ1v) is 9.35. The van der Waals surface area contributed by atoms with Gasteiger partial charge in [-0.1, -0.05) is 30.3 Å². The third-order valence-electron chi connectivity index (χ3n) is 5.08. The highest BCUT2D eigenvalue weighted by molar-refractivity contribution is 5.78. The predicted octanol–water partition coefficient (Wildman–Crippen LogP) is 1.60. The molecule has 5 nitrogen and oxygen atoms in total. The van der Waals surface area contributed by atoms with Crippen LogP contribution in [0.15, 0.2) is 35.3 Å². The minimum absolute atomic E-state index is 0.748. The van der Waals surface area contributed by atoms with Crippen LogP contribution in [0.4, 0.5) is 0 Å². The van der Waals surface area contributed by atoms with Crippen LogP contribution < -0.4 is 5.73 Å². The van der Waals surface area contributed by atoms with Crippen LogP contribution in [0, 0.1) is 0 Å². The number of aliphatic imine (C=N–C) groups is 1. The van der Waals surface area contributed by atoms with E-state index in [1.807, 2.05) is 0 Å². The summed E-state index contributed by atoms with van der Waals surface area (Å²) in [5.41, 5.74) is 7.53. The van der Waals surface area contributed by atoms with Crippen LogP contribution in [-0.2, 0) is 6.54 Å². The minimum Gasteiger partial charge on any atom is -0.370 e. The maximum absolute atomic E-state index is 6.12. The maximum Gasteiger partial charge on any atom is 0.191 e. The molecule has 5 heteroatoms. The summed E-state index contributed by atoms with van der Waals surface area (Å²) >= 11 is 0. The number of hydrogen-bond acceptors (Lipinski definition) is 3. The van der Waals surface area contributed by atoms with Crippen LogP contribution in [0.1, 0.15) is 24.8 Å². The second-order valence-corrected chi connectivity index (χ2v) is 6.89. The summed E-state index contributed by atoms with van der Waals surface area (Å²) in [7, 11) is 0. The van der Waals surface area contributed by atoms with E-state index in [4.69, 9.17) is 5.73 Å². The van der Waals surface area contributed by atoms with Gasteiger partial charge < -0.3 is 10.6 Å².